The summed E-state index contributed by atoms with van der Waals surface area (Å²) in [6.45, 7) is 0. The molecule has 1 saturated carbocycles. The Morgan fingerprint density at radius 1 is 1.10 bits per heavy atom. The van der Waals surface area contributed by atoms with Gasteiger partial charge in [0.15, 0.2) is 5.13 Å². The molecule has 30 heavy (non-hydrogen) atoms. The third-order valence-electron chi connectivity index (χ3n) is 5.46. The van der Waals surface area contributed by atoms with Crippen molar-refractivity contribution >= 4 is 37.6 Å². The Hall–Kier alpha value is -3.21. The van der Waals surface area contributed by atoms with Gasteiger partial charge in [0.1, 0.15) is 11.5 Å². The Morgan fingerprint density at radius 2 is 1.97 bits per heavy atom. The molecule has 0 amide bonds. The molecule has 2 aromatic heterocycles. The van der Waals surface area contributed by atoms with Gasteiger partial charge in [-0.15, -0.1) is 0 Å². The van der Waals surface area contributed by atoms with Gasteiger partial charge in [-0.05, 0) is 49.2 Å². The molecule has 0 unspecified atom stereocenters. The van der Waals surface area contributed by atoms with Crippen molar-refractivity contribution in [3.63, 3.8) is 0 Å². The van der Waals surface area contributed by atoms with Crippen LogP contribution in [-0.4, -0.2) is 27.2 Å². The van der Waals surface area contributed by atoms with Crippen LogP contribution in [0.15, 0.2) is 48.7 Å². The monoisotopic (exact) mass is 416 g/mol. The van der Waals surface area contributed by atoms with E-state index in [0.29, 0.717) is 17.1 Å². The van der Waals surface area contributed by atoms with Gasteiger partial charge in [-0.1, -0.05) is 24.2 Å². The van der Waals surface area contributed by atoms with E-state index in [2.05, 4.69) is 21.4 Å². The number of nitriles is 1. The highest BCUT2D eigenvalue weighted by Gasteiger charge is 2.23. The van der Waals surface area contributed by atoms with Crippen LogP contribution in [0.3, 0.4) is 0 Å². The minimum absolute atomic E-state index is 0.0625. The second-order valence-electron chi connectivity index (χ2n) is 7.51. The average Bonchev–Trinajstić information content (AvgIpc) is 3.17. The predicted octanol–water partition coefficient (Wildman–Crippen LogP) is 5.22. The van der Waals surface area contributed by atoms with E-state index in [1.165, 1.54) is 0 Å². The maximum atomic E-state index is 10.2. The maximum Gasteiger partial charge on any atom is 0.184 e. The summed E-state index contributed by atoms with van der Waals surface area (Å²) in [4.78, 5) is 9.00. The Kier molecular flexibility index (Phi) is 4.95. The average molecular weight is 417 g/mol. The summed E-state index contributed by atoms with van der Waals surface area (Å²) in [5.41, 5.74) is 2.24. The lowest BCUT2D eigenvalue weighted by molar-refractivity contribution is 0.116. The zero-order chi connectivity index (χ0) is 20.5. The number of rotatable bonds is 4. The van der Waals surface area contributed by atoms with E-state index in [1.54, 1.807) is 35.7 Å². The lowest BCUT2D eigenvalue weighted by Gasteiger charge is -2.27. The SMILES string of the molecule is N#Cc1ccc2nccc(Oc3ccc4nc(N[C@@H]5CCCC[C@H]5O)sc4c3)c2c1. The third kappa shape index (κ3) is 3.67. The molecule has 150 valence electrons. The highest BCUT2D eigenvalue weighted by Crippen LogP contribution is 2.34. The van der Waals surface area contributed by atoms with Crippen molar-refractivity contribution in [2.75, 3.05) is 5.32 Å². The van der Waals surface area contributed by atoms with Crippen LogP contribution in [0, 0.1) is 11.3 Å². The van der Waals surface area contributed by atoms with Crippen LogP contribution in [0.5, 0.6) is 11.5 Å². The smallest absolute Gasteiger partial charge is 0.184 e. The van der Waals surface area contributed by atoms with Gasteiger partial charge in [-0.25, -0.2) is 4.98 Å². The molecule has 5 rings (SSSR count). The van der Waals surface area contributed by atoms with Crippen molar-refractivity contribution in [2.45, 2.75) is 37.8 Å². The van der Waals surface area contributed by atoms with E-state index in [1.807, 2.05) is 24.3 Å². The predicted molar refractivity (Wildman–Crippen MR) is 118 cm³/mol. The number of pyridine rings is 1. The van der Waals surface area contributed by atoms with Gasteiger partial charge in [0.2, 0.25) is 0 Å². The lowest BCUT2D eigenvalue weighted by atomic mass is 9.93. The highest BCUT2D eigenvalue weighted by atomic mass is 32.1. The number of ether oxygens (including phenoxy) is 1. The molecule has 2 atom stereocenters. The Labute approximate surface area is 177 Å². The number of aliphatic hydroxyl groups excluding tert-OH is 1. The van der Waals surface area contributed by atoms with E-state index >= 15 is 0 Å². The number of hydrogen-bond donors (Lipinski definition) is 2. The first-order valence-corrected chi connectivity index (χ1v) is 10.8. The number of nitrogens with one attached hydrogen (secondary N) is 1. The maximum absolute atomic E-state index is 10.2. The first-order chi connectivity index (χ1) is 14.7. The third-order valence-corrected chi connectivity index (χ3v) is 6.41. The molecular formula is C23H20N4O2S. The van der Waals surface area contributed by atoms with Crippen LogP contribution in [-0.2, 0) is 0 Å². The van der Waals surface area contributed by atoms with Crippen molar-refractivity contribution in [2.24, 2.45) is 0 Å². The summed E-state index contributed by atoms with van der Waals surface area (Å²) in [6.07, 6.45) is 5.40. The topological polar surface area (TPSA) is 91.1 Å². The number of nitrogens with zero attached hydrogens (tertiary/aromatic N) is 3. The first kappa shape index (κ1) is 18.8. The van der Waals surface area contributed by atoms with Crippen LogP contribution < -0.4 is 10.1 Å². The highest BCUT2D eigenvalue weighted by molar-refractivity contribution is 7.22. The summed E-state index contributed by atoms with van der Waals surface area (Å²) in [7, 11) is 0. The lowest BCUT2D eigenvalue weighted by Crippen LogP contribution is -2.36. The molecular weight excluding hydrogens is 396 g/mol. The molecule has 6 nitrogen and oxygen atoms in total. The number of hydrogen-bond acceptors (Lipinski definition) is 7. The number of aromatic nitrogens is 2. The standard InChI is InChI=1S/C23H20N4O2S/c24-13-14-5-7-17-16(11-14)21(9-10-25-17)29-15-6-8-19-22(12-15)30-23(27-19)26-18-3-1-2-4-20(18)28/h5-12,18,20,28H,1-4H2,(H,26,27)/t18-,20-/m1/s1. The molecule has 0 bridgehead atoms. The van der Waals surface area contributed by atoms with Gasteiger partial charge in [0.25, 0.3) is 0 Å². The Morgan fingerprint density at radius 3 is 2.83 bits per heavy atom. The molecule has 2 aromatic carbocycles. The fourth-order valence-electron chi connectivity index (χ4n) is 3.87. The zero-order valence-corrected chi connectivity index (χ0v) is 17.0. The fraction of sp³-hybridized carbons (Fsp3) is 0.261. The summed E-state index contributed by atoms with van der Waals surface area (Å²) < 4.78 is 7.16. The minimum Gasteiger partial charge on any atom is -0.457 e. The van der Waals surface area contributed by atoms with E-state index in [4.69, 9.17) is 4.74 Å². The molecule has 4 aromatic rings. The fourth-order valence-corrected chi connectivity index (χ4v) is 4.83. The molecule has 2 heterocycles. The first-order valence-electron chi connectivity index (χ1n) is 10.0. The molecule has 1 aliphatic rings. The summed E-state index contributed by atoms with van der Waals surface area (Å²) >= 11 is 1.56. The van der Waals surface area contributed by atoms with Gasteiger partial charge >= 0.3 is 0 Å². The van der Waals surface area contributed by atoms with Crippen LogP contribution in [0.4, 0.5) is 5.13 Å². The quantitative estimate of drug-likeness (QED) is 0.474. The van der Waals surface area contributed by atoms with Gasteiger partial charge < -0.3 is 15.2 Å². The van der Waals surface area contributed by atoms with Crippen molar-refractivity contribution in [3.05, 3.63) is 54.2 Å². The van der Waals surface area contributed by atoms with Gasteiger partial charge in [-0.3, -0.25) is 4.98 Å². The molecule has 1 aliphatic carbocycles. The minimum atomic E-state index is -0.317. The molecule has 1 fully saturated rings. The molecule has 0 saturated heterocycles. The van der Waals surface area contributed by atoms with Gasteiger partial charge in [0, 0.05) is 17.6 Å². The van der Waals surface area contributed by atoms with Gasteiger partial charge in [-0.2, -0.15) is 5.26 Å². The largest absolute Gasteiger partial charge is 0.457 e. The molecule has 0 radical (unpaired) electrons. The van der Waals surface area contributed by atoms with Crippen molar-refractivity contribution in [3.8, 4) is 17.6 Å². The number of fused-ring (bicyclic) bond motifs is 2. The molecule has 2 N–H and O–H groups in total. The number of benzene rings is 2. The second kappa shape index (κ2) is 7.90. The van der Waals surface area contributed by atoms with Crippen LogP contribution in [0.1, 0.15) is 31.2 Å². The van der Waals surface area contributed by atoms with Gasteiger partial charge in [0.05, 0.1) is 39.5 Å². The zero-order valence-electron chi connectivity index (χ0n) is 16.2. The Balaban J connectivity index is 1.42. The van der Waals surface area contributed by atoms with Crippen LogP contribution >= 0.6 is 11.3 Å². The number of anilines is 1. The summed E-state index contributed by atoms with van der Waals surface area (Å²) in [5, 5.41) is 24.4. The van der Waals surface area contributed by atoms with Crippen molar-refractivity contribution in [1.82, 2.24) is 9.97 Å². The van der Waals surface area contributed by atoms with Crippen molar-refractivity contribution < 1.29 is 9.84 Å². The van der Waals surface area contributed by atoms with Crippen LogP contribution in [0.2, 0.25) is 0 Å². The van der Waals surface area contributed by atoms with E-state index in [-0.39, 0.29) is 12.1 Å². The van der Waals surface area contributed by atoms with Crippen molar-refractivity contribution in [1.29, 1.82) is 5.26 Å². The number of thiazole rings is 1. The molecule has 0 spiro atoms. The van der Waals surface area contributed by atoms with E-state index < -0.39 is 0 Å². The molecule has 0 aliphatic heterocycles. The van der Waals surface area contributed by atoms with E-state index in [9.17, 15) is 10.4 Å². The van der Waals surface area contributed by atoms with Crippen LogP contribution in [0.25, 0.3) is 21.1 Å². The Bertz CT molecular complexity index is 1260. The molecule has 7 heteroatoms. The summed E-state index contributed by atoms with van der Waals surface area (Å²) in [6, 6.07) is 15.2. The summed E-state index contributed by atoms with van der Waals surface area (Å²) in [5.74, 6) is 1.36. The second-order valence-corrected chi connectivity index (χ2v) is 8.54. The number of aliphatic hydroxyl groups is 1. The van der Waals surface area contributed by atoms with E-state index in [0.717, 1.165) is 51.9 Å². The normalized spacial score (nSPS) is 18.9.